The number of H-pyrrole nitrogens is 1. The summed E-state index contributed by atoms with van der Waals surface area (Å²) in [7, 11) is 1.59. The molecule has 3 aromatic carbocycles. The van der Waals surface area contributed by atoms with E-state index in [1.54, 1.807) is 30.2 Å². The number of hydrazone groups is 1. The van der Waals surface area contributed by atoms with Gasteiger partial charge in [0.1, 0.15) is 11.5 Å². The third-order valence-corrected chi connectivity index (χ3v) is 6.22. The minimum Gasteiger partial charge on any atom is -0.383 e. The monoisotopic (exact) mass is 481 g/mol. The van der Waals surface area contributed by atoms with E-state index in [-0.39, 0.29) is 24.1 Å². The first-order valence-electron chi connectivity index (χ1n) is 11.9. The topological polar surface area (TPSA) is 90.9 Å². The molecular weight excluding hydrogens is 454 g/mol. The van der Waals surface area contributed by atoms with Crippen LogP contribution in [0.5, 0.6) is 0 Å². The van der Waals surface area contributed by atoms with Crippen molar-refractivity contribution in [3.8, 4) is 0 Å². The van der Waals surface area contributed by atoms with Crippen LogP contribution in [0.3, 0.4) is 0 Å². The first-order valence-corrected chi connectivity index (χ1v) is 11.9. The maximum Gasteiger partial charge on any atom is 0.270 e. The Balaban J connectivity index is 1.45. The van der Waals surface area contributed by atoms with Crippen LogP contribution >= 0.6 is 0 Å². The number of hydrogen-bond donors (Lipinski definition) is 1. The van der Waals surface area contributed by atoms with Gasteiger partial charge in [0, 0.05) is 20.1 Å². The molecule has 1 amide bonds. The second-order valence-electron chi connectivity index (χ2n) is 8.61. The number of benzene rings is 3. The molecule has 1 atom stereocenters. The number of aromatic nitrogens is 2. The largest absolute Gasteiger partial charge is 0.383 e. The number of carbonyl (C=O) groups excluding carboxylic acids is 1. The van der Waals surface area contributed by atoms with E-state index >= 15 is 0 Å². The lowest BCUT2D eigenvalue weighted by Crippen LogP contribution is -2.38. The van der Waals surface area contributed by atoms with Gasteiger partial charge in [0.05, 0.1) is 35.8 Å². The smallest absolute Gasteiger partial charge is 0.270 e. The van der Waals surface area contributed by atoms with Gasteiger partial charge < -0.3 is 14.6 Å². The van der Waals surface area contributed by atoms with Gasteiger partial charge in [0.2, 0.25) is 0 Å². The first-order chi connectivity index (χ1) is 17.6. The Morgan fingerprint density at radius 1 is 1.03 bits per heavy atom. The average Bonchev–Trinajstić information content (AvgIpc) is 3.37. The number of nitrogens with zero attached hydrogens (tertiary/aromatic N) is 4. The number of para-hydroxylation sites is 2. The van der Waals surface area contributed by atoms with Crippen LogP contribution in [0.2, 0.25) is 0 Å². The zero-order valence-electron chi connectivity index (χ0n) is 20.0. The van der Waals surface area contributed by atoms with E-state index in [0.29, 0.717) is 42.0 Å². The fourth-order valence-corrected chi connectivity index (χ4v) is 4.42. The molecule has 0 unspecified atom stereocenters. The molecule has 5 rings (SSSR count). The van der Waals surface area contributed by atoms with Crippen LogP contribution in [-0.2, 0) is 16.1 Å². The fourth-order valence-electron chi connectivity index (χ4n) is 4.42. The minimum absolute atomic E-state index is 0.101. The van der Waals surface area contributed by atoms with Crippen molar-refractivity contribution in [1.82, 2.24) is 14.9 Å². The maximum absolute atomic E-state index is 13.8. The Morgan fingerprint density at radius 3 is 2.47 bits per heavy atom. The van der Waals surface area contributed by atoms with E-state index in [1.165, 1.54) is 0 Å². The molecule has 1 N–H and O–H groups in total. The summed E-state index contributed by atoms with van der Waals surface area (Å²) in [6.07, 6.45) is 0.461. The molecule has 0 radical (unpaired) electrons. The molecule has 0 fully saturated rings. The van der Waals surface area contributed by atoms with Gasteiger partial charge in [-0.2, -0.15) is 5.10 Å². The van der Waals surface area contributed by atoms with Crippen molar-refractivity contribution in [2.75, 3.05) is 25.3 Å². The van der Waals surface area contributed by atoms with Gasteiger partial charge >= 0.3 is 0 Å². The molecule has 8 heteroatoms. The lowest BCUT2D eigenvalue weighted by molar-refractivity contribution is -0.125. The number of nitrogens with one attached hydrogen (secondary N) is 1. The molecule has 182 valence electrons. The summed E-state index contributed by atoms with van der Waals surface area (Å²) in [5, 5.41) is 7.20. The molecule has 8 nitrogen and oxygen atoms in total. The number of methoxy groups -OCH3 is 1. The van der Waals surface area contributed by atoms with Crippen molar-refractivity contribution >= 4 is 28.2 Å². The number of rotatable bonds is 8. The minimum atomic E-state index is -0.229. The van der Waals surface area contributed by atoms with Crippen molar-refractivity contribution in [3.05, 3.63) is 107 Å². The van der Waals surface area contributed by atoms with Gasteiger partial charge in [0.15, 0.2) is 0 Å². The summed E-state index contributed by atoms with van der Waals surface area (Å²) in [6, 6.07) is 27.0. The summed E-state index contributed by atoms with van der Waals surface area (Å²) in [6.45, 7) is 0.830. The number of fused-ring (bicyclic) bond motifs is 1. The van der Waals surface area contributed by atoms with Crippen LogP contribution in [0.4, 0.5) is 5.69 Å². The van der Waals surface area contributed by atoms with Crippen molar-refractivity contribution in [3.63, 3.8) is 0 Å². The quantitative estimate of drug-likeness (QED) is 0.412. The fraction of sp³-hybridized carbons (Fsp3) is 0.214. The first kappa shape index (κ1) is 23.4. The number of carbonyl (C=O) groups is 1. The lowest BCUT2D eigenvalue weighted by atomic mass is 10.0. The molecule has 0 bridgehead atoms. The van der Waals surface area contributed by atoms with Crippen LogP contribution in [0, 0.1) is 0 Å². The molecule has 1 aliphatic rings. The number of hydrogen-bond acceptors (Lipinski definition) is 6. The van der Waals surface area contributed by atoms with Gasteiger partial charge in [-0.05, 0) is 29.8 Å². The van der Waals surface area contributed by atoms with Crippen LogP contribution in [0.25, 0.3) is 10.9 Å². The second kappa shape index (κ2) is 10.5. The zero-order chi connectivity index (χ0) is 24.9. The summed E-state index contributed by atoms with van der Waals surface area (Å²) < 4.78 is 5.26. The van der Waals surface area contributed by atoms with Crippen LogP contribution in [-0.4, -0.2) is 46.7 Å². The standard InChI is InChI=1S/C28H27N5O3/c1-36-17-16-32(19-26-29-23-15-9-8-14-22(23)27(34)30-26)28(35)24-18-25(20-10-4-2-5-11-20)33(31-24)21-12-6-3-7-13-21/h2-15,25H,16-19H2,1H3,(H,29,30,34)/t25-/m0/s1. The summed E-state index contributed by atoms with van der Waals surface area (Å²) in [5.41, 5.74) is 2.81. The van der Waals surface area contributed by atoms with Crippen molar-refractivity contribution in [1.29, 1.82) is 0 Å². The second-order valence-corrected chi connectivity index (χ2v) is 8.61. The molecule has 0 spiro atoms. The van der Waals surface area contributed by atoms with E-state index in [1.807, 2.05) is 59.6 Å². The SMILES string of the molecule is COCCN(Cc1nc2ccccc2c(=O)[nH]1)C(=O)C1=NN(c2ccccc2)[C@H](c2ccccc2)C1. The number of anilines is 1. The van der Waals surface area contributed by atoms with Gasteiger partial charge in [-0.1, -0.05) is 60.7 Å². The van der Waals surface area contributed by atoms with Gasteiger partial charge in [-0.3, -0.25) is 14.6 Å². The van der Waals surface area contributed by atoms with Crippen molar-refractivity contribution in [2.24, 2.45) is 5.10 Å². The van der Waals surface area contributed by atoms with Gasteiger partial charge in [-0.25, -0.2) is 4.98 Å². The van der Waals surface area contributed by atoms with Crippen LogP contribution in [0.15, 0.2) is 94.8 Å². The summed E-state index contributed by atoms with van der Waals surface area (Å²) >= 11 is 0. The molecule has 0 saturated carbocycles. The van der Waals surface area contributed by atoms with Crippen molar-refractivity contribution < 1.29 is 9.53 Å². The highest BCUT2D eigenvalue weighted by molar-refractivity contribution is 6.39. The highest BCUT2D eigenvalue weighted by Gasteiger charge is 2.34. The van der Waals surface area contributed by atoms with E-state index in [9.17, 15) is 9.59 Å². The zero-order valence-corrected chi connectivity index (χ0v) is 20.0. The highest BCUT2D eigenvalue weighted by Crippen LogP contribution is 2.35. The molecule has 1 aromatic heterocycles. The average molecular weight is 482 g/mol. The normalized spacial score (nSPS) is 15.2. The number of aromatic amines is 1. The van der Waals surface area contributed by atoms with Crippen LogP contribution in [0.1, 0.15) is 23.9 Å². The van der Waals surface area contributed by atoms with Crippen molar-refractivity contribution in [2.45, 2.75) is 19.0 Å². The van der Waals surface area contributed by atoms with Gasteiger partial charge in [0.25, 0.3) is 11.5 Å². The molecule has 0 saturated heterocycles. The van der Waals surface area contributed by atoms with Crippen LogP contribution < -0.4 is 10.6 Å². The van der Waals surface area contributed by atoms with E-state index in [2.05, 4.69) is 22.1 Å². The predicted octanol–water partition coefficient (Wildman–Crippen LogP) is 3.91. The predicted molar refractivity (Wildman–Crippen MR) is 140 cm³/mol. The Bertz CT molecular complexity index is 1440. The maximum atomic E-state index is 13.8. The van der Waals surface area contributed by atoms with Gasteiger partial charge in [-0.15, -0.1) is 0 Å². The molecule has 4 aromatic rings. The molecule has 36 heavy (non-hydrogen) atoms. The van der Waals surface area contributed by atoms with E-state index in [0.717, 1.165) is 11.3 Å². The number of amides is 1. The Kier molecular flexibility index (Phi) is 6.86. The molecular formula is C28H27N5O3. The lowest BCUT2D eigenvalue weighted by Gasteiger charge is -2.23. The number of ether oxygens (including phenoxy) is 1. The van der Waals surface area contributed by atoms with E-state index in [4.69, 9.17) is 9.84 Å². The summed E-state index contributed by atoms with van der Waals surface area (Å²) in [5.74, 6) is 0.212. The Morgan fingerprint density at radius 2 is 1.72 bits per heavy atom. The Hall–Kier alpha value is -4.30. The van der Waals surface area contributed by atoms with E-state index < -0.39 is 0 Å². The molecule has 0 aliphatic carbocycles. The molecule has 2 heterocycles. The molecule has 1 aliphatic heterocycles. The third kappa shape index (κ3) is 4.89. The highest BCUT2D eigenvalue weighted by atomic mass is 16.5. The Labute approximate surface area is 208 Å². The summed E-state index contributed by atoms with van der Waals surface area (Å²) in [4.78, 5) is 35.3. The third-order valence-electron chi connectivity index (χ3n) is 6.22.